The molecule has 11 nitrogen and oxygen atoms in total. The number of hydrogen-bond acceptors (Lipinski definition) is 8. The number of carbonyl (C=O) groups excluding carboxylic acids is 3. The molecule has 2 unspecified atom stereocenters. The van der Waals surface area contributed by atoms with Gasteiger partial charge in [0.2, 0.25) is 5.91 Å². The van der Waals surface area contributed by atoms with Gasteiger partial charge in [0, 0.05) is 54.7 Å². The number of nitrogens with one attached hydrogen (secondary N) is 2. The fourth-order valence-corrected chi connectivity index (χ4v) is 8.38. The minimum atomic E-state index is -0.859. The number of fused-ring (bicyclic) bond motifs is 6. The molecule has 6 bridgehead atoms. The molecule has 11 heteroatoms. The number of hydrogen-bond donors (Lipinski definition) is 2. The Labute approximate surface area is 325 Å². The normalized spacial score (nSPS) is 20.3. The van der Waals surface area contributed by atoms with Gasteiger partial charge in [-0.15, -0.1) is 0 Å². The van der Waals surface area contributed by atoms with E-state index in [0.29, 0.717) is 25.8 Å². The Hall–Kier alpha value is -4.58. The quantitative estimate of drug-likeness (QED) is 0.201. The number of ether oxygens (including phenoxy) is 2. The lowest BCUT2D eigenvalue weighted by molar-refractivity contribution is -0.155. The Morgan fingerprint density at radius 2 is 1.85 bits per heavy atom. The number of pyridine rings is 1. The topological polar surface area (TPSA) is 118 Å². The van der Waals surface area contributed by atoms with Crippen LogP contribution in [0, 0.1) is 11.3 Å². The number of aromatic nitrogens is 2. The number of nitrogens with zero attached hydrogens (tertiary/aromatic N) is 4. The van der Waals surface area contributed by atoms with Crippen LogP contribution >= 0.6 is 0 Å². The van der Waals surface area contributed by atoms with Gasteiger partial charge in [-0.25, -0.2) is 5.43 Å². The molecule has 4 heterocycles. The number of esters is 1. The zero-order chi connectivity index (χ0) is 39.6. The van der Waals surface area contributed by atoms with Crippen LogP contribution in [0.25, 0.3) is 33.3 Å². The van der Waals surface area contributed by atoms with Gasteiger partial charge in [0.1, 0.15) is 12.1 Å². The highest BCUT2D eigenvalue weighted by molar-refractivity contribution is 5.95. The van der Waals surface area contributed by atoms with E-state index in [9.17, 15) is 14.4 Å². The highest BCUT2D eigenvalue weighted by Crippen LogP contribution is 2.42. The summed E-state index contributed by atoms with van der Waals surface area (Å²) in [6, 6.07) is 17.0. The monoisotopic (exact) mass is 750 g/mol. The van der Waals surface area contributed by atoms with Gasteiger partial charge in [-0.05, 0) is 99.6 Å². The number of cyclic esters (lactones) is 1. The summed E-state index contributed by atoms with van der Waals surface area (Å²) in [5, 5.41) is 5.73. The van der Waals surface area contributed by atoms with Gasteiger partial charge < -0.3 is 19.4 Å². The van der Waals surface area contributed by atoms with Crippen molar-refractivity contribution < 1.29 is 23.9 Å². The van der Waals surface area contributed by atoms with E-state index in [1.54, 1.807) is 7.11 Å². The van der Waals surface area contributed by atoms with Crippen LogP contribution in [-0.4, -0.2) is 89.7 Å². The minimum absolute atomic E-state index is 0.0279. The van der Waals surface area contributed by atoms with Crippen molar-refractivity contribution >= 4 is 28.7 Å². The van der Waals surface area contributed by atoms with Crippen LogP contribution in [0.3, 0.4) is 0 Å². The van der Waals surface area contributed by atoms with Crippen molar-refractivity contribution in [3.8, 4) is 22.4 Å². The number of amides is 2. The summed E-state index contributed by atoms with van der Waals surface area (Å²) in [7, 11) is 5.45. The lowest BCUT2D eigenvalue weighted by atomic mass is 9.84. The highest BCUT2D eigenvalue weighted by Gasteiger charge is 2.36. The van der Waals surface area contributed by atoms with Crippen LogP contribution < -0.4 is 10.7 Å². The molecule has 0 radical (unpaired) electrons. The Morgan fingerprint density at radius 1 is 1.09 bits per heavy atom. The summed E-state index contributed by atoms with van der Waals surface area (Å²) < 4.78 is 14.2. The van der Waals surface area contributed by atoms with Crippen molar-refractivity contribution in [2.24, 2.45) is 11.3 Å². The van der Waals surface area contributed by atoms with Gasteiger partial charge in [-0.1, -0.05) is 58.0 Å². The molecular weight excluding hydrogens is 693 g/mol. The predicted octanol–water partition coefficient (Wildman–Crippen LogP) is 6.33. The molecule has 55 heavy (non-hydrogen) atoms. The molecule has 2 aliphatic rings. The Kier molecular flexibility index (Phi) is 12.1. The molecule has 4 aromatic rings. The molecule has 2 aliphatic heterocycles. The SMILES string of the molecule is CCn1c(-c2cccnc2C(C)OC)c2c3cc(ccc31)-c1cccc(c1)CC(NC(=O)[C@H](C(C)C)N(C)C)C(=O)N1CCC[C@H](N1)C(=O)OCC(C)(C)C2. The van der Waals surface area contributed by atoms with E-state index in [4.69, 9.17) is 14.5 Å². The first-order valence-electron chi connectivity index (χ1n) is 19.7. The molecule has 1 saturated heterocycles. The zero-order valence-corrected chi connectivity index (χ0v) is 33.9. The number of benzene rings is 2. The third-order valence-corrected chi connectivity index (χ3v) is 11.1. The molecular formula is C44H58N6O5. The van der Waals surface area contributed by atoms with Crippen LogP contribution in [0.2, 0.25) is 0 Å². The molecule has 0 saturated carbocycles. The van der Waals surface area contributed by atoms with Crippen molar-refractivity contribution in [2.45, 2.75) is 98.0 Å². The first-order chi connectivity index (χ1) is 26.2. The predicted molar refractivity (Wildman–Crippen MR) is 216 cm³/mol. The zero-order valence-electron chi connectivity index (χ0n) is 33.9. The van der Waals surface area contributed by atoms with E-state index in [2.05, 4.69) is 72.5 Å². The summed E-state index contributed by atoms with van der Waals surface area (Å²) in [6.07, 6.45) is 3.66. The van der Waals surface area contributed by atoms with Crippen LogP contribution in [0.5, 0.6) is 0 Å². The van der Waals surface area contributed by atoms with Gasteiger partial charge in [0.15, 0.2) is 0 Å². The van der Waals surface area contributed by atoms with E-state index in [0.717, 1.165) is 56.7 Å². The minimum Gasteiger partial charge on any atom is -0.464 e. The lowest BCUT2D eigenvalue weighted by Crippen LogP contribution is -2.61. The maximum absolute atomic E-state index is 14.3. The molecule has 0 aliphatic carbocycles. The fourth-order valence-electron chi connectivity index (χ4n) is 8.38. The van der Waals surface area contributed by atoms with Gasteiger partial charge in [0.25, 0.3) is 5.91 Å². The maximum Gasteiger partial charge on any atom is 0.324 e. The molecule has 2 aromatic carbocycles. The van der Waals surface area contributed by atoms with Gasteiger partial charge in [0.05, 0.1) is 30.1 Å². The first kappa shape index (κ1) is 40.1. The number of likely N-dealkylation sites (N-methyl/N-ethyl adjacent to an activating group) is 1. The number of hydrazine groups is 1. The second-order valence-corrected chi connectivity index (χ2v) is 16.5. The van der Waals surface area contributed by atoms with E-state index in [1.807, 2.05) is 64.2 Å². The molecule has 1 fully saturated rings. The molecule has 2 amide bonds. The molecule has 4 atom stereocenters. The standard InChI is InChI=1S/C44H58N6O5/c1-10-49-37-19-18-31-24-33(37)34(40(49)32-16-12-20-45-38(32)28(4)54-9)25-44(5,6)26-55-43(53)35-17-13-21-50(47-35)42(52)36(23-29-14-11-15-30(31)22-29)46-41(51)39(27(2)3)48(7)8/h11-12,14-16,18-20,22,24,27-28,35-36,39,47H,10,13,17,21,23,25-26H2,1-9H3,(H,46,51)/t28?,35-,36?,39-/m0/s1. The number of rotatable bonds is 8. The van der Waals surface area contributed by atoms with Crippen molar-refractivity contribution in [3.05, 3.63) is 77.6 Å². The van der Waals surface area contributed by atoms with Crippen LogP contribution in [0.1, 0.15) is 77.3 Å². The largest absolute Gasteiger partial charge is 0.464 e. The van der Waals surface area contributed by atoms with E-state index < -0.39 is 29.5 Å². The maximum atomic E-state index is 14.3. The van der Waals surface area contributed by atoms with E-state index in [-0.39, 0.29) is 36.9 Å². The van der Waals surface area contributed by atoms with Crippen LogP contribution in [-0.2, 0) is 43.2 Å². The number of carbonyl (C=O) groups is 3. The smallest absolute Gasteiger partial charge is 0.324 e. The van der Waals surface area contributed by atoms with Crippen LogP contribution in [0.15, 0.2) is 60.8 Å². The summed E-state index contributed by atoms with van der Waals surface area (Å²) in [5.41, 5.74) is 10.9. The van der Waals surface area contributed by atoms with Gasteiger partial charge >= 0.3 is 5.97 Å². The van der Waals surface area contributed by atoms with Crippen molar-refractivity contribution in [2.75, 3.05) is 34.4 Å². The molecule has 2 N–H and O–H groups in total. The molecule has 2 aromatic heterocycles. The van der Waals surface area contributed by atoms with Crippen molar-refractivity contribution in [1.82, 2.24) is 30.2 Å². The second-order valence-electron chi connectivity index (χ2n) is 16.5. The summed E-state index contributed by atoms with van der Waals surface area (Å²) in [4.78, 5) is 48.5. The van der Waals surface area contributed by atoms with Gasteiger partial charge in [-0.2, -0.15) is 0 Å². The van der Waals surface area contributed by atoms with Crippen molar-refractivity contribution in [3.63, 3.8) is 0 Å². The Bertz CT molecular complexity index is 2030. The highest BCUT2D eigenvalue weighted by atomic mass is 16.5. The average molecular weight is 751 g/mol. The number of methoxy groups -OCH3 is 1. The fraction of sp³-hybridized carbons (Fsp3) is 0.500. The molecule has 6 rings (SSSR count). The molecule has 294 valence electrons. The third-order valence-electron chi connectivity index (χ3n) is 11.1. The average Bonchev–Trinajstić information content (AvgIpc) is 3.46. The second kappa shape index (κ2) is 16.6. The third kappa shape index (κ3) is 8.49. The summed E-state index contributed by atoms with van der Waals surface area (Å²) in [6.45, 7) is 13.8. The lowest BCUT2D eigenvalue weighted by Gasteiger charge is -2.36. The van der Waals surface area contributed by atoms with E-state index >= 15 is 0 Å². The Morgan fingerprint density at radius 3 is 2.56 bits per heavy atom. The summed E-state index contributed by atoms with van der Waals surface area (Å²) >= 11 is 0. The van der Waals surface area contributed by atoms with Crippen molar-refractivity contribution in [1.29, 1.82) is 0 Å². The summed E-state index contributed by atoms with van der Waals surface area (Å²) in [5.74, 6) is -0.858. The van der Waals surface area contributed by atoms with Gasteiger partial charge in [-0.3, -0.25) is 29.3 Å². The molecule has 0 spiro atoms. The van der Waals surface area contributed by atoms with E-state index in [1.165, 1.54) is 5.01 Å². The Balaban J connectivity index is 1.51. The first-order valence-corrected chi connectivity index (χ1v) is 19.7. The number of aryl methyl sites for hydroxylation is 1. The van der Waals surface area contributed by atoms with Crippen LogP contribution in [0.4, 0.5) is 0 Å².